The molecule has 0 radical (unpaired) electrons. The van der Waals surface area contributed by atoms with Gasteiger partial charge in [-0.2, -0.15) is 0 Å². The van der Waals surface area contributed by atoms with Crippen LogP contribution in [0.2, 0.25) is 0 Å². The quantitative estimate of drug-likeness (QED) is 0.668. The number of hydrogen-bond acceptors (Lipinski definition) is 2. The second-order valence-electron chi connectivity index (χ2n) is 4.89. The Labute approximate surface area is 118 Å². The summed E-state index contributed by atoms with van der Waals surface area (Å²) >= 11 is 0. The number of ketones is 1. The fourth-order valence-electron chi connectivity index (χ4n) is 2.42. The van der Waals surface area contributed by atoms with E-state index in [0.29, 0.717) is 6.42 Å². The lowest BCUT2D eigenvalue weighted by Crippen LogP contribution is -2.07. The monoisotopic (exact) mass is 261 g/mol. The van der Waals surface area contributed by atoms with E-state index in [0.717, 1.165) is 27.6 Å². The van der Waals surface area contributed by atoms with Crippen LogP contribution in [0.4, 0.5) is 0 Å². The van der Waals surface area contributed by atoms with Gasteiger partial charge in [0.05, 0.1) is 12.1 Å². The minimum absolute atomic E-state index is 0.114. The van der Waals surface area contributed by atoms with Crippen molar-refractivity contribution in [3.8, 4) is 0 Å². The Hall–Kier alpha value is -2.48. The molecule has 0 fully saturated rings. The average molecular weight is 261 g/mol. The minimum atomic E-state index is 0.114. The van der Waals surface area contributed by atoms with E-state index in [-0.39, 0.29) is 5.78 Å². The van der Waals surface area contributed by atoms with E-state index in [1.807, 2.05) is 61.5 Å². The van der Waals surface area contributed by atoms with Crippen LogP contribution in [0, 0.1) is 6.92 Å². The van der Waals surface area contributed by atoms with Crippen molar-refractivity contribution in [2.75, 3.05) is 0 Å². The first-order valence-corrected chi connectivity index (χ1v) is 6.67. The van der Waals surface area contributed by atoms with E-state index in [1.54, 1.807) is 6.20 Å². The Balaban J connectivity index is 1.99. The van der Waals surface area contributed by atoms with Gasteiger partial charge in [0.1, 0.15) is 0 Å². The first kappa shape index (κ1) is 12.5. The predicted octanol–water partition coefficient (Wildman–Crippen LogP) is 3.97. The Kier molecular flexibility index (Phi) is 3.30. The largest absolute Gasteiger partial charge is 0.294 e. The van der Waals surface area contributed by atoms with Crippen LogP contribution in [0.1, 0.15) is 21.6 Å². The molecule has 1 aromatic heterocycles. The molecular formula is C18H15NO. The topological polar surface area (TPSA) is 30.0 Å². The van der Waals surface area contributed by atoms with Gasteiger partial charge in [0.15, 0.2) is 5.78 Å². The number of aryl methyl sites for hydroxylation is 1. The summed E-state index contributed by atoms with van der Waals surface area (Å²) in [4.78, 5) is 16.8. The maximum atomic E-state index is 12.5. The molecule has 0 aliphatic heterocycles. The molecule has 20 heavy (non-hydrogen) atoms. The highest BCUT2D eigenvalue weighted by molar-refractivity contribution is 6.08. The van der Waals surface area contributed by atoms with E-state index >= 15 is 0 Å². The number of fused-ring (bicyclic) bond motifs is 1. The number of nitrogens with zero attached hydrogens (tertiary/aromatic N) is 1. The molecule has 1 heterocycles. The highest BCUT2D eigenvalue weighted by atomic mass is 16.1. The van der Waals surface area contributed by atoms with Gasteiger partial charge in [0.2, 0.25) is 0 Å². The van der Waals surface area contributed by atoms with Crippen LogP contribution in [0.15, 0.2) is 60.8 Å². The van der Waals surface area contributed by atoms with Crippen LogP contribution in [-0.2, 0) is 6.42 Å². The molecule has 0 amide bonds. The third-order valence-electron chi connectivity index (χ3n) is 3.54. The molecule has 0 atom stereocenters. The Morgan fingerprint density at radius 1 is 1.00 bits per heavy atom. The Bertz CT molecular complexity index is 772. The van der Waals surface area contributed by atoms with Crippen LogP contribution in [0.3, 0.4) is 0 Å². The van der Waals surface area contributed by atoms with Crippen molar-refractivity contribution in [2.45, 2.75) is 13.3 Å². The Morgan fingerprint density at radius 2 is 1.80 bits per heavy atom. The molecule has 2 aromatic carbocycles. The third-order valence-corrected chi connectivity index (χ3v) is 3.54. The summed E-state index contributed by atoms with van der Waals surface area (Å²) in [7, 11) is 0. The number of carbonyl (C=O) groups is 1. The smallest absolute Gasteiger partial charge is 0.169 e. The number of hydrogen-bond donors (Lipinski definition) is 0. The predicted molar refractivity (Wildman–Crippen MR) is 81.0 cm³/mol. The van der Waals surface area contributed by atoms with Crippen LogP contribution in [-0.4, -0.2) is 10.8 Å². The van der Waals surface area contributed by atoms with Gasteiger partial charge < -0.3 is 0 Å². The van der Waals surface area contributed by atoms with Crippen LogP contribution >= 0.6 is 0 Å². The zero-order valence-electron chi connectivity index (χ0n) is 11.3. The van der Waals surface area contributed by atoms with E-state index in [9.17, 15) is 4.79 Å². The molecule has 0 bridgehead atoms. The van der Waals surface area contributed by atoms with E-state index < -0.39 is 0 Å². The molecule has 0 aliphatic carbocycles. The lowest BCUT2D eigenvalue weighted by Gasteiger charge is -2.07. The van der Waals surface area contributed by atoms with Crippen molar-refractivity contribution in [1.82, 2.24) is 4.98 Å². The van der Waals surface area contributed by atoms with E-state index in [1.165, 1.54) is 0 Å². The molecule has 0 saturated heterocycles. The zero-order chi connectivity index (χ0) is 13.9. The summed E-state index contributed by atoms with van der Waals surface area (Å²) in [5.74, 6) is 0.114. The van der Waals surface area contributed by atoms with Gasteiger partial charge in [-0.15, -0.1) is 0 Å². The van der Waals surface area contributed by atoms with Gasteiger partial charge in [-0.3, -0.25) is 9.78 Å². The normalized spacial score (nSPS) is 10.7. The fraction of sp³-hybridized carbons (Fsp3) is 0.111. The summed E-state index contributed by atoms with van der Waals surface area (Å²) in [6.07, 6.45) is 2.08. The van der Waals surface area contributed by atoms with Crippen LogP contribution < -0.4 is 0 Å². The van der Waals surface area contributed by atoms with Gasteiger partial charge in [0, 0.05) is 11.8 Å². The number of aromatic nitrogens is 1. The molecule has 2 nitrogen and oxygen atoms in total. The van der Waals surface area contributed by atoms with Crippen molar-refractivity contribution >= 4 is 16.6 Å². The molecule has 0 spiro atoms. The number of carbonyl (C=O) groups excluding carboxylic acids is 1. The highest BCUT2D eigenvalue weighted by Gasteiger charge is 2.12. The fourth-order valence-corrected chi connectivity index (χ4v) is 2.42. The highest BCUT2D eigenvalue weighted by Crippen LogP contribution is 2.20. The van der Waals surface area contributed by atoms with Crippen LogP contribution in [0.25, 0.3) is 10.8 Å². The zero-order valence-corrected chi connectivity index (χ0v) is 11.3. The molecule has 3 rings (SSSR count). The molecule has 3 aromatic rings. The molecule has 98 valence electrons. The summed E-state index contributed by atoms with van der Waals surface area (Å²) < 4.78 is 0. The maximum Gasteiger partial charge on any atom is 0.169 e. The van der Waals surface area contributed by atoms with Gasteiger partial charge >= 0.3 is 0 Å². The van der Waals surface area contributed by atoms with Crippen molar-refractivity contribution < 1.29 is 4.79 Å². The second-order valence-corrected chi connectivity index (χ2v) is 4.89. The van der Waals surface area contributed by atoms with Gasteiger partial charge in [-0.25, -0.2) is 0 Å². The van der Waals surface area contributed by atoms with Crippen molar-refractivity contribution in [3.63, 3.8) is 0 Å². The minimum Gasteiger partial charge on any atom is -0.294 e. The molecule has 0 aliphatic rings. The maximum absolute atomic E-state index is 12.5. The molecule has 0 N–H and O–H groups in total. The van der Waals surface area contributed by atoms with Gasteiger partial charge in [-0.05, 0) is 29.3 Å². The summed E-state index contributed by atoms with van der Waals surface area (Å²) in [6.45, 7) is 1.98. The summed E-state index contributed by atoms with van der Waals surface area (Å²) in [5.41, 5.74) is 2.68. The Morgan fingerprint density at radius 3 is 2.65 bits per heavy atom. The lowest BCUT2D eigenvalue weighted by atomic mass is 9.98. The van der Waals surface area contributed by atoms with E-state index in [2.05, 4.69) is 4.98 Å². The summed E-state index contributed by atoms with van der Waals surface area (Å²) in [5, 5.41) is 2.10. The van der Waals surface area contributed by atoms with Crippen molar-refractivity contribution in [1.29, 1.82) is 0 Å². The number of pyridine rings is 1. The lowest BCUT2D eigenvalue weighted by molar-refractivity contribution is 0.0993. The standard InChI is InChI=1S/C18H15NO/c1-13-6-5-11-19-17(13)12-18(20)16-10-4-8-14-7-2-3-9-15(14)16/h2-11H,12H2,1H3. The van der Waals surface area contributed by atoms with Crippen molar-refractivity contribution in [3.05, 3.63) is 77.6 Å². The number of Topliss-reactive ketones (excluding diaryl/α,β-unsaturated/α-hetero) is 1. The number of rotatable bonds is 3. The van der Waals surface area contributed by atoms with Gasteiger partial charge in [-0.1, -0.05) is 48.5 Å². The first-order chi connectivity index (χ1) is 9.75. The van der Waals surface area contributed by atoms with Crippen LogP contribution in [0.5, 0.6) is 0 Å². The third kappa shape index (κ3) is 2.32. The molecule has 2 heteroatoms. The van der Waals surface area contributed by atoms with Gasteiger partial charge in [0.25, 0.3) is 0 Å². The molecule has 0 saturated carbocycles. The molecule has 0 unspecified atom stereocenters. The molecular weight excluding hydrogens is 246 g/mol. The summed E-state index contributed by atoms with van der Waals surface area (Å²) in [6, 6.07) is 17.7. The van der Waals surface area contributed by atoms with E-state index in [4.69, 9.17) is 0 Å². The second kappa shape index (κ2) is 5.25. The average Bonchev–Trinajstić information content (AvgIpc) is 2.49. The first-order valence-electron chi connectivity index (χ1n) is 6.67. The SMILES string of the molecule is Cc1cccnc1CC(=O)c1cccc2ccccc12. The number of benzene rings is 2. The van der Waals surface area contributed by atoms with Crippen molar-refractivity contribution in [2.24, 2.45) is 0 Å².